The van der Waals surface area contributed by atoms with Gasteiger partial charge >= 0.3 is 0 Å². The molecule has 2 saturated heterocycles. The van der Waals surface area contributed by atoms with Crippen LogP contribution in [0.3, 0.4) is 0 Å². The second-order valence-electron chi connectivity index (χ2n) is 13.7. The fourth-order valence-electron chi connectivity index (χ4n) is 7.45. The molecule has 0 radical (unpaired) electrons. The lowest BCUT2D eigenvalue weighted by Crippen LogP contribution is -2.44. The van der Waals surface area contributed by atoms with Crippen molar-refractivity contribution < 1.29 is 13.2 Å². The molecule has 0 atom stereocenters. The summed E-state index contributed by atoms with van der Waals surface area (Å²) in [4.78, 5) is 34.7. The van der Waals surface area contributed by atoms with Gasteiger partial charge in [-0.2, -0.15) is 9.61 Å². The van der Waals surface area contributed by atoms with Crippen LogP contribution in [-0.2, 0) is 6.54 Å². The summed E-state index contributed by atoms with van der Waals surface area (Å²) >= 11 is 1.08. The van der Waals surface area contributed by atoms with Crippen molar-refractivity contribution in [3.8, 4) is 27.6 Å². The van der Waals surface area contributed by atoms with Gasteiger partial charge in [-0.3, -0.25) is 9.59 Å². The van der Waals surface area contributed by atoms with Gasteiger partial charge < -0.3 is 29.2 Å². The molecule has 3 aromatic carbocycles. The lowest BCUT2D eigenvalue weighted by Gasteiger charge is -2.34. The standard InChI is InChI=1S/C38H35F3N10O2S/c1-3-47-20-26(34(52)24-16-28(40)32(18-30(24)47)48-10-8-42-9-11-48)36-43-44-38-51(36)45-37(54-38)27-21-50(23-6-4-22(39)5-7-23)31-19-33(29(41)17-25(31)35(27)53)49-14-12-46(2)13-15-49/h4-7,16-21,42H,3,8-15H2,1-2H3. The highest BCUT2D eigenvalue weighted by molar-refractivity contribution is 7.19. The summed E-state index contributed by atoms with van der Waals surface area (Å²) in [7, 11) is 2.02. The zero-order valence-corrected chi connectivity index (χ0v) is 30.3. The molecule has 0 saturated carbocycles. The van der Waals surface area contributed by atoms with E-state index in [1.165, 1.54) is 28.8 Å². The minimum absolute atomic E-state index is 0.126. The summed E-state index contributed by atoms with van der Waals surface area (Å²) in [6, 6.07) is 11.8. The molecular weight excluding hydrogens is 718 g/mol. The number of pyridine rings is 2. The van der Waals surface area contributed by atoms with Crippen LogP contribution in [0, 0.1) is 17.5 Å². The maximum absolute atomic E-state index is 15.9. The van der Waals surface area contributed by atoms with Crippen LogP contribution in [0.25, 0.3) is 54.4 Å². The van der Waals surface area contributed by atoms with Gasteiger partial charge in [0.25, 0.3) is 0 Å². The number of anilines is 2. The first-order chi connectivity index (χ1) is 26.2. The fourth-order valence-corrected chi connectivity index (χ4v) is 8.30. The van der Waals surface area contributed by atoms with Crippen LogP contribution in [-0.4, -0.2) is 93.3 Å². The van der Waals surface area contributed by atoms with E-state index in [0.29, 0.717) is 65.8 Å². The molecule has 16 heteroatoms. The van der Waals surface area contributed by atoms with Crippen molar-refractivity contribution in [2.24, 2.45) is 0 Å². The Labute approximate surface area is 310 Å². The minimum atomic E-state index is -0.521. The monoisotopic (exact) mass is 752 g/mol. The smallest absolute Gasteiger partial charge is 0.235 e. The van der Waals surface area contributed by atoms with E-state index in [9.17, 15) is 14.0 Å². The highest BCUT2D eigenvalue weighted by Gasteiger charge is 2.25. The summed E-state index contributed by atoms with van der Waals surface area (Å²) < 4.78 is 50.5. The third kappa shape index (κ3) is 5.72. The third-order valence-electron chi connectivity index (χ3n) is 10.4. The summed E-state index contributed by atoms with van der Waals surface area (Å²) in [6.45, 7) is 8.00. The molecule has 7 aromatic rings. The predicted molar refractivity (Wildman–Crippen MR) is 205 cm³/mol. The Balaban J connectivity index is 1.18. The molecular formula is C38H35F3N10O2S. The van der Waals surface area contributed by atoms with E-state index in [-0.39, 0.29) is 32.7 Å². The fraction of sp³-hybridized carbons (Fsp3) is 0.289. The molecule has 2 aliphatic rings. The quantitative estimate of drug-likeness (QED) is 0.258. The number of hydrogen-bond donors (Lipinski definition) is 1. The van der Waals surface area contributed by atoms with Crippen LogP contribution >= 0.6 is 11.3 Å². The zero-order chi connectivity index (χ0) is 37.2. The number of benzene rings is 3. The SMILES string of the molecule is CCn1cc(-c2nnc3sc(-c4cn(-c5ccc(F)cc5)c5cc(N6CCN(C)CC6)c(F)cc5c4=O)nn23)c(=O)c2cc(F)c(N3CCNCC3)cc21. The van der Waals surface area contributed by atoms with Gasteiger partial charge in [-0.15, -0.1) is 10.2 Å². The zero-order valence-electron chi connectivity index (χ0n) is 29.5. The van der Waals surface area contributed by atoms with Crippen molar-refractivity contribution in [1.29, 1.82) is 0 Å². The van der Waals surface area contributed by atoms with Crippen LogP contribution in [0.2, 0.25) is 0 Å². The Kier molecular flexibility index (Phi) is 8.47. The average molecular weight is 753 g/mol. The van der Waals surface area contributed by atoms with Crippen molar-refractivity contribution >= 4 is 49.5 Å². The highest BCUT2D eigenvalue weighted by Crippen LogP contribution is 2.33. The molecule has 4 aromatic heterocycles. The molecule has 9 rings (SSSR count). The molecule has 0 bridgehead atoms. The average Bonchev–Trinajstić information content (AvgIpc) is 3.78. The van der Waals surface area contributed by atoms with E-state index in [2.05, 4.69) is 20.4 Å². The normalized spacial score (nSPS) is 15.6. The van der Waals surface area contributed by atoms with Crippen LogP contribution in [0.5, 0.6) is 0 Å². The number of nitrogens with zero attached hydrogens (tertiary/aromatic N) is 9. The van der Waals surface area contributed by atoms with Gasteiger partial charge in [0.2, 0.25) is 10.4 Å². The molecule has 0 unspecified atom stereocenters. The van der Waals surface area contributed by atoms with Gasteiger partial charge in [0, 0.05) is 87.8 Å². The number of aryl methyl sites for hydroxylation is 1. The van der Waals surface area contributed by atoms with E-state index in [1.807, 2.05) is 28.3 Å². The molecule has 2 aliphatic heterocycles. The molecule has 2 fully saturated rings. The second-order valence-corrected chi connectivity index (χ2v) is 14.6. The Morgan fingerprint density at radius 1 is 0.759 bits per heavy atom. The highest BCUT2D eigenvalue weighted by atomic mass is 32.1. The number of piperazine rings is 2. The van der Waals surface area contributed by atoms with E-state index >= 15 is 8.78 Å². The number of nitrogens with one attached hydrogen (secondary N) is 1. The molecule has 0 amide bonds. The first-order valence-corrected chi connectivity index (χ1v) is 18.6. The van der Waals surface area contributed by atoms with Crippen LogP contribution in [0.4, 0.5) is 24.5 Å². The number of halogens is 3. The molecule has 1 N–H and O–H groups in total. The maximum atomic E-state index is 15.9. The van der Waals surface area contributed by atoms with E-state index < -0.39 is 28.3 Å². The van der Waals surface area contributed by atoms with Crippen LogP contribution in [0.1, 0.15) is 6.92 Å². The van der Waals surface area contributed by atoms with Gasteiger partial charge in [0.15, 0.2) is 16.3 Å². The minimum Gasteiger partial charge on any atom is -0.367 e. The van der Waals surface area contributed by atoms with E-state index in [4.69, 9.17) is 5.10 Å². The van der Waals surface area contributed by atoms with Gasteiger partial charge in [-0.25, -0.2) is 13.2 Å². The number of fused-ring (bicyclic) bond motifs is 3. The summed E-state index contributed by atoms with van der Waals surface area (Å²) in [6.07, 6.45) is 3.30. The summed E-state index contributed by atoms with van der Waals surface area (Å²) in [5, 5.41) is 17.2. The molecule has 6 heterocycles. The van der Waals surface area contributed by atoms with E-state index in [0.717, 1.165) is 37.5 Å². The topological polar surface area (TPSA) is 109 Å². The molecule has 0 aliphatic carbocycles. The molecule has 12 nitrogen and oxygen atoms in total. The predicted octanol–water partition coefficient (Wildman–Crippen LogP) is 4.74. The lowest BCUT2D eigenvalue weighted by atomic mass is 10.1. The first kappa shape index (κ1) is 34.2. The lowest BCUT2D eigenvalue weighted by molar-refractivity contribution is 0.312. The summed E-state index contributed by atoms with van der Waals surface area (Å²) in [5.74, 6) is -1.29. The Hall–Kier alpha value is -5.58. The molecule has 0 spiro atoms. The van der Waals surface area contributed by atoms with Gasteiger partial charge in [-0.05, 0) is 62.5 Å². The Morgan fingerprint density at radius 3 is 2.07 bits per heavy atom. The van der Waals surface area contributed by atoms with Gasteiger partial charge in [0.1, 0.15) is 17.5 Å². The van der Waals surface area contributed by atoms with Crippen LogP contribution in [0.15, 0.2) is 70.5 Å². The number of aromatic nitrogens is 6. The van der Waals surface area contributed by atoms with E-state index in [1.54, 1.807) is 41.2 Å². The molecule has 276 valence electrons. The van der Waals surface area contributed by atoms with Crippen molar-refractivity contribution in [2.75, 3.05) is 69.2 Å². The van der Waals surface area contributed by atoms with Crippen molar-refractivity contribution in [3.05, 3.63) is 98.8 Å². The molecule has 54 heavy (non-hydrogen) atoms. The number of hydrogen-bond acceptors (Lipinski definition) is 10. The number of rotatable bonds is 6. The van der Waals surface area contributed by atoms with Crippen molar-refractivity contribution in [3.63, 3.8) is 0 Å². The Morgan fingerprint density at radius 2 is 1.39 bits per heavy atom. The van der Waals surface area contributed by atoms with Crippen LogP contribution < -0.4 is 26.0 Å². The second kappa shape index (κ2) is 13.4. The maximum Gasteiger partial charge on any atom is 0.235 e. The van der Waals surface area contributed by atoms with Gasteiger partial charge in [-0.1, -0.05) is 11.3 Å². The van der Waals surface area contributed by atoms with Crippen molar-refractivity contribution in [2.45, 2.75) is 13.5 Å². The summed E-state index contributed by atoms with van der Waals surface area (Å²) in [5.41, 5.74) is 1.90. The largest absolute Gasteiger partial charge is 0.367 e. The Bertz CT molecular complexity index is 2710. The number of likely N-dealkylation sites (N-methyl/N-ethyl adjacent to an activating group) is 1. The first-order valence-electron chi connectivity index (χ1n) is 17.8. The van der Waals surface area contributed by atoms with Gasteiger partial charge in [0.05, 0.1) is 33.5 Å². The van der Waals surface area contributed by atoms with Crippen molar-refractivity contribution in [1.82, 2.24) is 39.2 Å². The third-order valence-corrected chi connectivity index (χ3v) is 11.4.